The van der Waals surface area contributed by atoms with Gasteiger partial charge in [-0.2, -0.15) is 10.4 Å². The third-order valence-corrected chi connectivity index (χ3v) is 5.05. The first-order chi connectivity index (χ1) is 12.7. The van der Waals surface area contributed by atoms with Crippen molar-refractivity contribution >= 4 is 5.69 Å². The fourth-order valence-electron chi connectivity index (χ4n) is 3.74. The standard InChI is InChI=1S/C19H24N6O/c1-3-16-14(6-5-7-21-16)17(4-2)24-8-10-25(11-9-24)18-13-22-23-19(26)15(18)12-20/h5-7,13,17H,3-4,8-11H2,1-2H3,(H,23,26). The predicted molar refractivity (Wildman–Crippen MR) is 100 cm³/mol. The van der Waals surface area contributed by atoms with Gasteiger partial charge in [-0.15, -0.1) is 0 Å². The lowest BCUT2D eigenvalue weighted by molar-refractivity contribution is 0.180. The average molecular weight is 352 g/mol. The van der Waals surface area contributed by atoms with Gasteiger partial charge in [-0.3, -0.25) is 14.7 Å². The van der Waals surface area contributed by atoms with Crippen LogP contribution in [0, 0.1) is 11.3 Å². The fourth-order valence-corrected chi connectivity index (χ4v) is 3.74. The number of piperazine rings is 1. The molecule has 0 aromatic carbocycles. The molecule has 0 spiro atoms. The Morgan fingerprint density at radius 2 is 2.08 bits per heavy atom. The maximum atomic E-state index is 11.8. The minimum absolute atomic E-state index is 0.140. The van der Waals surface area contributed by atoms with Crippen molar-refractivity contribution in [1.82, 2.24) is 20.1 Å². The van der Waals surface area contributed by atoms with Gasteiger partial charge in [0.15, 0.2) is 0 Å². The van der Waals surface area contributed by atoms with E-state index in [2.05, 4.69) is 44.9 Å². The summed E-state index contributed by atoms with van der Waals surface area (Å²) in [6.45, 7) is 7.61. The number of nitrogens with one attached hydrogen (secondary N) is 1. The number of H-pyrrole nitrogens is 1. The van der Waals surface area contributed by atoms with Crippen molar-refractivity contribution in [2.75, 3.05) is 31.1 Å². The summed E-state index contributed by atoms with van der Waals surface area (Å²) in [6.07, 6.45) is 5.38. The zero-order valence-corrected chi connectivity index (χ0v) is 15.3. The molecule has 1 unspecified atom stereocenters. The number of aryl methyl sites for hydroxylation is 1. The molecule has 0 saturated carbocycles. The van der Waals surface area contributed by atoms with Crippen LogP contribution in [0.5, 0.6) is 0 Å². The monoisotopic (exact) mass is 352 g/mol. The number of anilines is 1. The average Bonchev–Trinajstić information content (AvgIpc) is 2.69. The maximum absolute atomic E-state index is 11.8. The molecule has 1 fully saturated rings. The predicted octanol–water partition coefficient (Wildman–Crippen LogP) is 1.87. The smallest absolute Gasteiger partial charge is 0.284 e. The summed E-state index contributed by atoms with van der Waals surface area (Å²) in [4.78, 5) is 20.9. The molecule has 26 heavy (non-hydrogen) atoms. The van der Waals surface area contributed by atoms with Crippen LogP contribution in [0.1, 0.15) is 43.1 Å². The largest absolute Gasteiger partial charge is 0.366 e. The van der Waals surface area contributed by atoms with Gasteiger partial charge in [0, 0.05) is 44.1 Å². The highest BCUT2D eigenvalue weighted by Crippen LogP contribution is 2.28. The molecule has 7 heteroatoms. The summed E-state index contributed by atoms with van der Waals surface area (Å²) in [5.41, 5.74) is 2.80. The SMILES string of the molecule is CCc1ncccc1C(CC)N1CCN(c2cn[nH]c(=O)c2C#N)CC1. The van der Waals surface area contributed by atoms with Crippen LogP contribution in [0.25, 0.3) is 0 Å². The molecule has 0 bridgehead atoms. The van der Waals surface area contributed by atoms with E-state index in [1.165, 1.54) is 5.56 Å². The number of rotatable bonds is 5. The van der Waals surface area contributed by atoms with Gasteiger partial charge in [-0.05, 0) is 24.5 Å². The van der Waals surface area contributed by atoms with Crippen molar-refractivity contribution in [3.8, 4) is 6.07 Å². The lowest BCUT2D eigenvalue weighted by Crippen LogP contribution is -2.48. The number of aromatic nitrogens is 3. The van der Waals surface area contributed by atoms with Gasteiger partial charge in [0.25, 0.3) is 5.56 Å². The number of hydrogen-bond acceptors (Lipinski definition) is 6. The third kappa shape index (κ3) is 3.46. The molecule has 1 atom stereocenters. The van der Waals surface area contributed by atoms with E-state index in [0.29, 0.717) is 11.7 Å². The maximum Gasteiger partial charge on any atom is 0.284 e. The van der Waals surface area contributed by atoms with Crippen LogP contribution in [0.3, 0.4) is 0 Å². The van der Waals surface area contributed by atoms with Crippen LogP contribution in [0.15, 0.2) is 29.3 Å². The second kappa shape index (κ2) is 8.11. The Morgan fingerprint density at radius 1 is 1.31 bits per heavy atom. The zero-order chi connectivity index (χ0) is 18.5. The van der Waals surface area contributed by atoms with Gasteiger partial charge in [0.2, 0.25) is 0 Å². The molecule has 1 N–H and O–H groups in total. The van der Waals surface area contributed by atoms with Crippen LogP contribution < -0.4 is 10.5 Å². The highest BCUT2D eigenvalue weighted by molar-refractivity contribution is 5.56. The molecule has 2 aromatic heterocycles. The summed E-state index contributed by atoms with van der Waals surface area (Å²) in [6, 6.07) is 6.53. The first-order valence-corrected chi connectivity index (χ1v) is 9.10. The minimum Gasteiger partial charge on any atom is -0.366 e. The summed E-state index contributed by atoms with van der Waals surface area (Å²) in [5, 5.41) is 15.5. The number of nitriles is 1. The van der Waals surface area contributed by atoms with Gasteiger partial charge in [-0.1, -0.05) is 19.9 Å². The van der Waals surface area contributed by atoms with E-state index in [9.17, 15) is 10.1 Å². The second-order valence-corrected chi connectivity index (χ2v) is 6.41. The molecule has 0 aliphatic carbocycles. The Hall–Kier alpha value is -2.72. The van der Waals surface area contributed by atoms with Crippen molar-refractivity contribution in [2.24, 2.45) is 0 Å². The van der Waals surface area contributed by atoms with E-state index in [1.54, 1.807) is 6.20 Å². The molecule has 1 saturated heterocycles. The molecule has 0 radical (unpaired) electrons. The van der Waals surface area contributed by atoms with E-state index < -0.39 is 5.56 Å². The molecule has 1 aliphatic heterocycles. The highest BCUT2D eigenvalue weighted by atomic mass is 16.1. The fraction of sp³-hybridized carbons (Fsp3) is 0.474. The van der Waals surface area contributed by atoms with E-state index in [-0.39, 0.29) is 5.56 Å². The molecule has 136 valence electrons. The van der Waals surface area contributed by atoms with Crippen molar-refractivity contribution in [3.63, 3.8) is 0 Å². The molecule has 3 rings (SSSR count). The minimum atomic E-state index is -0.429. The number of aromatic amines is 1. The van der Waals surface area contributed by atoms with Crippen molar-refractivity contribution in [2.45, 2.75) is 32.7 Å². The number of nitrogens with zero attached hydrogens (tertiary/aromatic N) is 5. The van der Waals surface area contributed by atoms with Gasteiger partial charge < -0.3 is 4.90 Å². The molecule has 1 aliphatic rings. The molecule has 7 nitrogen and oxygen atoms in total. The van der Waals surface area contributed by atoms with Crippen molar-refractivity contribution in [1.29, 1.82) is 5.26 Å². The van der Waals surface area contributed by atoms with Crippen LogP contribution in [-0.2, 0) is 6.42 Å². The van der Waals surface area contributed by atoms with E-state index >= 15 is 0 Å². The Labute approximate surface area is 153 Å². The van der Waals surface area contributed by atoms with E-state index in [4.69, 9.17) is 0 Å². The van der Waals surface area contributed by atoms with Gasteiger partial charge in [0.1, 0.15) is 11.6 Å². The Kier molecular flexibility index (Phi) is 5.64. The van der Waals surface area contributed by atoms with Gasteiger partial charge in [-0.25, -0.2) is 5.10 Å². The summed E-state index contributed by atoms with van der Waals surface area (Å²) in [7, 11) is 0. The van der Waals surface area contributed by atoms with Crippen LogP contribution in [0.2, 0.25) is 0 Å². The topological polar surface area (TPSA) is 88.9 Å². The van der Waals surface area contributed by atoms with Crippen LogP contribution in [0.4, 0.5) is 5.69 Å². The van der Waals surface area contributed by atoms with Gasteiger partial charge in [0.05, 0.1) is 11.9 Å². The van der Waals surface area contributed by atoms with E-state index in [0.717, 1.165) is 44.7 Å². The van der Waals surface area contributed by atoms with Crippen molar-refractivity contribution < 1.29 is 0 Å². The van der Waals surface area contributed by atoms with Gasteiger partial charge >= 0.3 is 0 Å². The molecule has 0 amide bonds. The van der Waals surface area contributed by atoms with Crippen molar-refractivity contribution in [3.05, 3.63) is 51.7 Å². The molecular weight excluding hydrogens is 328 g/mol. The first-order valence-electron chi connectivity index (χ1n) is 9.10. The highest BCUT2D eigenvalue weighted by Gasteiger charge is 2.27. The lowest BCUT2D eigenvalue weighted by Gasteiger charge is -2.40. The van der Waals surface area contributed by atoms with Crippen LogP contribution in [-0.4, -0.2) is 46.3 Å². The number of pyridine rings is 1. The first kappa shape index (κ1) is 18.1. The summed E-state index contributed by atoms with van der Waals surface area (Å²) < 4.78 is 0. The zero-order valence-electron chi connectivity index (χ0n) is 15.3. The molecule has 3 heterocycles. The summed E-state index contributed by atoms with van der Waals surface area (Å²) >= 11 is 0. The Morgan fingerprint density at radius 3 is 2.73 bits per heavy atom. The Bertz CT molecular complexity index is 848. The lowest BCUT2D eigenvalue weighted by atomic mass is 9.99. The normalized spacial score (nSPS) is 16.3. The number of hydrogen-bond donors (Lipinski definition) is 1. The second-order valence-electron chi connectivity index (χ2n) is 6.41. The Balaban J connectivity index is 1.77. The molecular formula is C19H24N6O. The quantitative estimate of drug-likeness (QED) is 0.884. The van der Waals surface area contributed by atoms with E-state index in [1.807, 2.05) is 18.3 Å². The molecule has 2 aromatic rings. The van der Waals surface area contributed by atoms with Crippen LogP contribution >= 0.6 is 0 Å². The summed E-state index contributed by atoms with van der Waals surface area (Å²) in [5.74, 6) is 0. The third-order valence-electron chi connectivity index (χ3n) is 5.05.